The molecule has 0 bridgehead atoms. The predicted octanol–water partition coefficient (Wildman–Crippen LogP) is 1.34. The first-order chi connectivity index (χ1) is 6.00. The van der Waals surface area contributed by atoms with Crippen LogP contribution in [0.1, 0.15) is 33.6 Å². The van der Waals surface area contributed by atoms with Crippen LogP contribution in [0.5, 0.6) is 0 Å². The molecule has 1 aliphatic heterocycles. The maximum absolute atomic E-state index is 10.9. The Balaban J connectivity index is 2.47. The molecular weight excluding hydrogens is 168 g/mol. The Morgan fingerprint density at radius 2 is 2.23 bits per heavy atom. The summed E-state index contributed by atoms with van der Waals surface area (Å²) >= 11 is 0. The van der Waals surface area contributed by atoms with Crippen molar-refractivity contribution in [2.24, 2.45) is 11.8 Å². The van der Waals surface area contributed by atoms with Gasteiger partial charge in [0.1, 0.15) is 6.10 Å². The van der Waals surface area contributed by atoms with Gasteiger partial charge in [-0.05, 0) is 12.3 Å². The highest BCUT2D eigenvalue weighted by Gasteiger charge is 2.36. The molecule has 0 aromatic carbocycles. The molecule has 0 spiro atoms. The van der Waals surface area contributed by atoms with E-state index in [0.29, 0.717) is 18.8 Å². The first kappa shape index (κ1) is 10.5. The van der Waals surface area contributed by atoms with E-state index in [0.717, 1.165) is 0 Å². The van der Waals surface area contributed by atoms with Crippen LogP contribution in [-0.4, -0.2) is 23.3 Å². The Kier molecular flexibility index (Phi) is 3.31. The summed E-state index contributed by atoms with van der Waals surface area (Å²) in [6.45, 7) is 6.04. The second-order valence-electron chi connectivity index (χ2n) is 4.33. The number of ether oxygens (including phenoxy) is 1. The lowest BCUT2D eigenvalue weighted by Gasteiger charge is -2.21. The number of hydrogen-bond donors (Lipinski definition) is 1. The lowest BCUT2D eigenvalue weighted by atomic mass is 9.94. The number of carbonyl (C=O) groups is 1. The van der Waals surface area contributed by atoms with Crippen LogP contribution >= 0.6 is 0 Å². The standard InChI is InChI=1S/C10H18O3/c1-6(2)4-8(11)10-7(3)5-9(12)13-10/h6-8,10-11H,4-5H2,1-3H3/t7-,8?,10+/m1/s1. The van der Waals surface area contributed by atoms with Gasteiger partial charge in [0, 0.05) is 5.92 Å². The maximum Gasteiger partial charge on any atom is 0.306 e. The Morgan fingerprint density at radius 3 is 2.62 bits per heavy atom. The summed E-state index contributed by atoms with van der Waals surface area (Å²) in [4.78, 5) is 10.9. The number of hydrogen-bond acceptors (Lipinski definition) is 3. The second kappa shape index (κ2) is 4.09. The molecule has 1 rings (SSSR count). The van der Waals surface area contributed by atoms with Gasteiger partial charge in [-0.1, -0.05) is 20.8 Å². The van der Waals surface area contributed by atoms with Gasteiger partial charge in [0.25, 0.3) is 0 Å². The van der Waals surface area contributed by atoms with Gasteiger partial charge in [-0.3, -0.25) is 4.79 Å². The minimum atomic E-state index is -0.499. The summed E-state index contributed by atoms with van der Waals surface area (Å²) in [6, 6.07) is 0. The molecule has 3 heteroatoms. The van der Waals surface area contributed by atoms with E-state index in [1.807, 2.05) is 20.8 Å². The zero-order valence-electron chi connectivity index (χ0n) is 8.49. The third-order valence-electron chi connectivity index (χ3n) is 2.41. The molecule has 3 nitrogen and oxygen atoms in total. The summed E-state index contributed by atoms with van der Waals surface area (Å²) in [5.74, 6) is 0.406. The van der Waals surface area contributed by atoms with E-state index in [9.17, 15) is 9.90 Å². The van der Waals surface area contributed by atoms with Crippen LogP contribution in [0.25, 0.3) is 0 Å². The van der Waals surface area contributed by atoms with Crippen LogP contribution in [0.15, 0.2) is 0 Å². The van der Waals surface area contributed by atoms with Crippen LogP contribution in [0.3, 0.4) is 0 Å². The van der Waals surface area contributed by atoms with Gasteiger partial charge in [0.15, 0.2) is 0 Å². The van der Waals surface area contributed by atoms with Crippen molar-refractivity contribution in [1.82, 2.24) is 0 Å². The van der Waals surface area contributed by atoms with E-state index in [4.69, 9.17) is 4.74 Å². The highest BCUT2D eigenvalue weighted by Crippen LogP contribution is 2.26. The summed E-state index contributed by atoms with van der Waals surface area (Å²) < 4.78 is 5.05. The fourth-order valence-electron chi connectivity index (χ4n) is 1.77. The molecule has 0 aliphatic carbocycles. The van der Waals surface area contributed by atoms with E-state index in [1.54, 1.807) is 0 Å². The molecule has 1 N–H and O–H groups in total. The molecule has 1 aliphatic rings. The molecule has 0 aromatic rings. The van der Waals surface area contributed by atoms with Crippen molar-refractivity contribution in [3.05, 3.63) is 0 Å². The lowest BCUT2D eigenvalue weighted by Crippen LogP contribution is -2.31. The molecule has 0 saturated carbocycles. The fraction of sp³-hybridized carbons (Fsp3) is 0.900. The first-order valence-electron chi connectivity index (χ1n) is 4.88. The highest BCUT2D eigenvalue weighted by molar-refractivity contribution is 5.72. The van der Waals surface area contributed by atoms with Gasteiger partial charge >= 0.3 is 5.97 Å². The van der Waals surface area contributed by atoms with Gasteiger partial charge in [0.2, 0.25) is 0 Å². The monoisotopic (exact) mass is 186 g/mol. The van der Waals surface area contributed by atoms with Crippen molar-refractivity contribution in [3.8, 4) is 0 Å². The Labute approximate surface area is 79.1 Å². The molecule has 3 atom stereocenters. The molecule has 1 fully saturated rings. The molecule has 13 heavy (non-hydrogen) atoms. The van der Waals surface area contributed by atoms with Crippen molar-refractivity contribution >= 4 is 5.97 Å². The molecule has 0 amide bonds. The highest BCUT2D eigenvalue weighted by atomic mass is 16.6. The number of aliphatic hydroxyl groups excluding tert-OH is 1. The zero-order valence-corrected chi connectivity index (χ0v) is 8.49. The molecule has 1 unspecified atom stereocenters. The predicted molar refractivity (Wildman–Crippen MR) is 49.1 cm³/mol. The molecule has 0 aromatic heterocycles. The van der Waals surface area contributed by atoms with Gasteiger partial charge < -0.3 is 9.84 Å². The second-order valence-corrected chi connectivity index (χ2v) is 4.33. The van der Waals surface area contributed by atoms with Crippen molar-refractivity contribution < 1.29 is 14.6 Å². The first-order valence-corrected chi connectivity index (χ1v) is 4.88. The number of rotatable bonds is 3. The van der Waals surface area contributed by atoms with E-state index >= 15 is 0 Å². The summed E-state index contributed by atoms with van der Waals surface area (Å²) in [6.07, 6.45) is 0.360. The average molecular weight is 186 g/mol. The summed E-state index contributed by atoms with van der Waals surface area (Å²) in [5, 5.41) is 9.73. The van der Waals surface area contributed by atoms with Gasteiger partial charge in [0.05, 0.1) is 12.5 Å². The number of esters is 1. The van der Waals surface area contributed by atoms with Crippen molar-refractivity contribution in [2.75, 3.05) is 0 Å². The summed E-state index contributed by atoms with van der Waals surface area (Å²) in [5.41, 5.74) is 0. The Hall–Kier alpha value is -0.570. The topological polar surface area (TPSA) is 46.5 Å². The van der Waals surface area contributed by atoms with Crippen LogP contribution in [0.2, 0.25) is 0 Å². The van der Waals surface area contributed by atoms with E-state index < -0.39 is 6.10 Å². The molecule has 0 radical (unpaired) electrons. The van der Waals surface area contributed by atoms with Crippen molar-refractivity contribution in [3.63, 3.8) is 0 Å². The van der Waals surface area contributed by atoms with Crippen molar-refractivity contribution in [2.45, 2.75) is 45.8 Å². The lowest BCUT2D eigenvalue weighted by molar-refractivity contribution is -0.146. The maximum atomic E-state index is 10.9. The Bertz CT molecular complexity index is 189. The van der Waals surface area contributed by atoms with Gasteiger partial charge in [-0.25, -0.2) is 0 Å². The molecule has 1 saturated heterocycles. The largest absolute Gasteiger partial charge is 0.459 e. The number of aliphatic hydroxyl groups is 1. The number of cyclic esters (lactones) is 1. The minimum absolute atomic E-state index is 0.154. The molecular formula is C10H18O3. The smallest absolute Gasteiger partial charge is 0.306 e. The quantitative estimate of drug-likeness (QED) is 0.677. The van der Waals surface area contributed by atoms with Crippen LogP contribution in [0.4, 0.5) is 0 Å². The van der Waals surface area contributed by atoms with Gasteiger partial charge in [-0.2, -0.15) is 0 Å². The SMILES string of the molecule is CC(C)CC(O)[C@H]1OC(=O)C[C@H]1C. The van der Waals surface area contributed by atoms with E-state index in [1.165, 1.54) is 0 Å². The van der Waals surface area contributed by atoms with E-state index in [-0.39, 0.29) is 18.0 Å². The van der Waals surface area contributed by atoms with Crippen LogP contribution < -0.4 is 0 Å². The third kappa shape index (κ3) is 2.69. The minimum Gasteiger partial charge on any atom is -0.459 e. The average Bonchev–Trinajstić information content (AvgIpc) is 2.28. The Morgan fingerprint density at radius 1 is 1.62 bits per heavy atom. The molecule has 76 valence electrons. The van der Waals surface area contributed by atoms with Crippen molar-refractivity contribution in [1.29, 1.82) is 0 Å². The normalized spacial score (nSPS) is 30.7. The van der Waals surface area contributed by atoms with Gasteiger partial charge in [-0.15, -0.1) is 0 Å². The molecule has 1 heterocycles. The third-order valence-corrected chi connectivity index (χ3v) is 2.41. The van der Waals surface area contributed by atoms with Crippen LogP contribution in [-0.2, 0) is 9.53 Å². The summed E-state index contributed by atoms with van der Waals surface area (Å²) in [7, 11) is 0. The van der Waals surface area contributed by atoms with Crippen LogP contribution in [0, 0.1) is 11.8 Å². The zero-order chi connectivity index (χ0) is 10.0. The fourth-order valence-corrected chi connectivity index (χ4v) is 1.77. The van der Waals surface area contributed by atoms with E-state index in [2.05, 4.69) is 0 Å². The number of carbonyl (C=O) groups excluding carboxylic acids is 1.